The number of dihydropyridines is 1. The smallest absolute Gasteiger partial charge is 0.336 e. The molecule has 47 heavy (non-hydrogen) atoms. The van der Waals surface area contributed by atoms with Crippen molar-refractivity contribution < 1.29 is 43.8 Å². The van der Waals surface area contributed by atoms with E-state index in [-0.39, 0.29) is 71.3 Å². The fourth-order valence-electron chi connectivity index (χ4n) is 4.93. The minimum absolute atomic E-state index is 0.000708. The van der Waals surface area contributed by atoms with Crippen molar-refractivity contribution >= 4 is 29.4 Å². The van der Waals surface area contributed by atoms with E-state index in [1.54, 1.807) is 26.0 Å². The average Bonchev–Trinajstić information content (AvgIpc) is 3.04. The molecule has 0 radical (unpaired) electrons. The van der Waals surface area contributed by atoms with Crippen LogP contribution in [0.5, 0.6) is 11.5 Å². The number of hydrogen-bond donors (Lipinski definition) is 5. The van der Waals surface area contributed by atoms with Crippen molar-refractivity contribution in [3.63, 3.8) is 0 Å². The lowest BCUT2D eigenvalue weighted by Gasteiger charge is -2.30. The molecule has 3 aromatic rings. The van der Waals surface area contributed by atoms with Gasteiger partial charge >= 0.3 is 11.9 Å². The first-order valence-corrected chi connectivity index (χ1v) is 14.4. The summed E-state index contributed by atoms with van der Waals surface area (Å²) in [6.07, 6.45) is 0. The second-order valence-electron chi connectivity index (χ2n) is 10.3. The molecule has 14 heteroatoms. The number of benzene rings is 3. The Bertz CT molecular complexity index is 1760. The van der Waals surface area contributed by atoms with Crippen molar-refractivity contribution in [1.29, 1.82) is 0 Å². The molecule has 1 unspecified atom stereocenters. The summed E-state index contributed by atoms with van der Waals surface area (Å²) in [5.74, 6) is -4.05. The molecule has 4 rings (SSSR count). The molecule has 1 aliphatic rings. The molecule has 0 saturated carbocycles. The fraction of sp³-hybridized carbons (Fsp3) is 0.212. The van der Waals surface area contributed by atoms with Crippen LogP contribution in [-0.2, 0) is 19.1 Å². The molecule has 1 aliphatic heterocycles. The number of phenolic OH excluding ortho intramolecular Hbond substituents is 2. The van der Waals surface area contributed by atoms with Gasteiger partial charge in [-0.25, -0.2) is 9.59 Å². The largest absolute Gasteiger partial charge is 0.508 e. The van der Waals surface area contributed by atoms with E-state index < -0.39 is 34.6 Å². The third kappa shape index (κ3) is 8.30. The number of nitro groups is 1. The van der Waals surface area contributed by atoms with E-state index in [0.29, 0.717) is 11.4 Å². The van der Waals surface area contributed by atoms with E-state index in [1.807, 2.05) is 0 Å². The van der Waals surface area contributed by atoms with E-state index in [1.165, 1.54) is 60.7 Å². The van der Waals surface area contributed by atoms with Crippen LogP contribution in [0.25, 0.3) is 0 Å². The van der Waals surface area contributed by atoms with Crippen molar-refractivity contribution in [3.05, 3.63) is 122 Å². The van der Waals surface area contributed by atoms with E-state index in [4.69, 9.17) is 9.47 Å². The van der Waals surface area contributed by atoms with Crippen molar-refractivity contribution in [3.8, 4) is 11.5 Å². The lowest BCUT2D eigenvalue weighted by atomic mass is 9.80. The van der Waals surface area contributed by atoms with Gasteiger partial charge in [-0.1, -0.05) is 24.3 Å². The zero-order chi connectivity index (χ0) is 34.1. The number of para-hydroxylation sites is 1. The number of rotatable bonds is 12. The molecular formula is C33H32N4O10. The van der Waals surface area contributed by atoms with Gasteiger partial charge in [0.25, 0.3) is 17.5 Å². The zero-order valence-electron chi connectivity index (χ0n) is 25.4. The number of amides is 2. The molecule has 0 aliphatic carbocycles. The highest BCUT2D eigenvalue weighted by Crippen LogP contribution is 2.40. The quantitative estimate of drug-likeness (QED) is 0.0837. The maximum absolute atomic E-state index is 13.5. The molecule has 0 saturated heterocycles. The predicted molar refractivity (Wildman–Crippen MR) is 167 cm³/mol. The van der Waals surface area contributed by atoms with Gasteiger partial charge in [-0.3, -0.25) is 19.7 Å². The minimum Gasteiger partial charge on any atom is -0.508 e. The van der Waals surface area contributed by atoms with Gasteiger partial charge < -0.3 is 35.6 Å². The van der Waals surface area contributed by atoms with E-state index in [0.717, 1.165) is 0 Å². The molecule has 14 nitrogen and oxygen atoms in total. The number of non-ortho nitro benzene ring substituents is 1. The van der Waals surface area contributed by atoms with Crippen LogP contribution in [0.4, 0.5) is 5.69 Å². The Morgan fingerprint density at radius 1 is 0.809 bits per heavy atom. The number of nitrogens with zero attached hydrogens (tertiary/aromatic N) is 1. The lowest BCUT2D eigenvalue weighted by Crippen LogP contribution is -2.34. The summed E-state index contributed by atoms with van der Waals surface area (Å²) in [4.78, 5) is 62.7. The first kappa shape index (κ1) is 33.7. The van der Waals surface area contributed by atoms with Crippen LogP contribution in [0.2, 0.25) is 0 Å². The number of carbonyl (C=O) groups excluding carboxylic acids is 4. The van der Waals surface area contributed by atoms with Crippen LogP contribution >= 0.6 is 0 Å². The Hall–Kier alpha value is -6.18. The number of carbonyl (C=O) groups is 4. The SMILES string of the molecule is CC1=C(C(=O)OCCNC(=O)c2ccc(O)cc2)C(c2cccc([N+](=O)[O-])c2)C(C(=O)OCCNC(=O)c2ccccc2O)=C(C)N1. The number of hydrogen-bond acceptors (Lipinski definition) is 11. The number of ether oxygens (including phenoxy) is 2. The number of allylic oxidation sites excluding steroid dienone is 2. The maximum Gasteiger partial charge on any atom is 0.336 e. The molecular weight excluding hydrogens is 612 g/mol. The molecule has 0 aromatic heterocycles. The van der Waals surface area contributed by atoms with Gasteiger partial charge in [-0.2, -0.15) is 0 Å². The van der Waals surface area contributed by atoms with E-state index in [9.17, 15) is 39.5 Å². The zero-order valence-corrected chi connectivity index (χ0v) is 25.4. The van der Waals surface area contributed by atoms with Gasteiger partial charge in [0.15, 0.2) is 0 Å². The molecule has 0 fully saturated rings. The second-order valence-corrected chi connectivity index (χ2v) is 10.3. The summed E-state index contributed by atoms with van der Waals surface area (Å²) >= 11 is 0. The normalized spacial score (nSPS) is 14.1. The third-order valence-electron chi connectivity index (χ3n) is 7.13. The van der Waals surface area contributed by atoms with Gasteiger partial charge in [0.1, 0.15) is 24.7 Å². The van der Waals surface area contributed by atoms with Crippen molar-refractivity contribution in [1.82, 2.24) is 16.0 Å². The number of aromatic hydroxyl groups is 2. The first-order valence-electron chi connectivity index (χ1n) is 14.4. The molecule has 0 bridgehead atoms. The standard InChI is InChI=1S/C33H32N4O10/c1-19-27(32(42)46-16-14-34-30(40)21-10-12-24(38)13-11-21)29(22-6-5-7-23(18-22)37(44)45)28(20(2)36-19)33(43)47-17-15-35-31(41)25-8-3-4-9-26(25)39/h3-13,18,29,36,38-39H,14-17H2,1-2H3,(H,34,40)(H,35,41). The van der Waals surface area contributed by atoms with Crippen LogP contribution in [0, 0.1) is 10.1 Å². The van der Waals surface area contributed by atoms with Crippen molar-refractivity contribution in [2.24, 2.45) is 0 Å². The Morgan fingerprint density at radius 3 is 1.96 bits per heavy atom. The minimum atomic E-state index is -1.13. The highest BCUT2D eigenvalue weighted by atomic mass is 16.6. The number of phenols is 2. The molecule has 1 atom stereocenters. The summed E-state index contributed by atoms with van der Waals surface area (Å²) < 4.78 is 10.9. The summed E-state index contributed by atoms with van der Waals surface area (Å²) in [6, 6.07) is 17.0. The molecule has 244 valence electrons. The summed E-state index contributed by atoms with van der Waals surface area (Å²) in [7, 11) is 0. The first-order chi connectivity index (χ1) is 22.5. The number of esters is 2. The number of nitro benzene ring substituents is 1. The van der Waals surface area contributed by atoms with Crippen molar-refractivity contribution in [2.45, 2.75) is 19.8 Å². The molecule has 3 aromatic carbocycles. The lowest BCUT2D eigenvalue weighted by molar-refractivity contribution is -0.384. The van der Waals surface area contributed by atoms with Crippen LogP contribution < -0.4 is 16.0 Å². The second kappa shape index (κ2) is 15.2. The van der Waals surface area contributed by atoms with Crippen LogP contribution in [-0.4, -0.2) is 65.2 Å². The van der Waals surface area contributed by atoms with Crippen LogP contribution in [0.3, 0.4) is 0 Å². The van der Waals surface area contributed by atoms with E-state index >= 15 is 0 Å². The number of nitrogens with one attached hydrogen (secondary N) is 3. The summed E-state index contributed by atoms with van der Waals surface area (Å²) in [6.45, 7) is 2.53. The van der Waals surface area contributed by atoms with Gasteiger partial charge in [-0.15, -0.1) is 0 Å². The van der Waals surface area contributed by atoms with Gasteiger partial charge in [0.05, 0.1) is 40.6 Å². The molecule has 1 heterocycles. The topological polar surface area (TPSA) is 206 Å². The molecule has 5 N–H and O–H groups in total. The average molecular weight is 645 g/mol. The maximum atomic E-state index is 13.5. The van der Waals surface area contributed by atoms with E-state index in [2.05, 4.69) is 16.0 Å². The fourth-order valence-corrected chi connectivity index (χ4v) is 4.93. The van der Waals surface area contributed by atoms with Gasteiger partial charge in [-0.05, 0) is 55.8 Å². The highest BCUT2D eigenvalue weighted by molar-refractivity contribution is 6.00. The highest BCUT2D eigenvalue weighted by Gasteiger charge is 2.38. The van der Waals surface area contributed by atoms with Gasteiger partial charge in [0, 0.05) is 29.1 Å². The van der Waals surface area contributed by atoms with Gasteiger partial charge in [0.2, 0.25) is 0 Å². The monoisotopic (exact) mass is 644 g/mol. The summed E-state index contributed by atoms with van der Waals surface area (Å²) in [5, 5.41) is 39.0. The summed E-state index contributed by atoms with van der Waals surface area (Å²) in [5.41, 5.74) is 0.993. The predicted octanol–water partition coefficient (Wildman–Crippen LogP) is 3.19. The third-order valence-corrected chi connectivity index (χ3v) is 7.13. The Labute approximate surface area is 268 Å². The Morgan fingerprint density at radius 2 is 1.38 bits per heavy atom. The van der Waals surface area contributed by atoms with Crippen LogP contribution in [0.15, 0.2) is 95.3 Å². The van der Waals surface area contributed by atoms with Crippen LogP contribution in [0.1, 0.15) is 46.0 Å². The molecule has 2 amide bonds. The molecule has 0 spiro atoms. The Kier molecular flexibility index (Phi) is 10.9. The Balaban J connectivity index is 1.49. The van der Waals surface area contributed by atoms with Crippen molar-refractivity contribution in [2.75, 3.05) is 26.3 Å².